The second-order valence-electron chi connectivity index (χ2n) is 5.23. The summed E-state index contributed by atoms with van der Waals surface area (Å²) in [6, 6.07) is 18.9. The average molecular weight is 296 g/mol. The second kappa shape index (κ2) is 6.19. The molecule has 0 radical (unpaired) electrons. The molecule has 0 saturated heterocycles. The average Bonchev–Trinajstić information content (AvgIpc) is 2.83. The molecule has 0 atom stereocenters. The molecule has 3 aromatic rings. The Balaban J connectivity index is 1.99. The molecule has 0 unspecified atom stereocenters. The van der Waals surface area contributed by atoms with Crippen LogP contribution in [0, 0.1) is 0 Å². The van der Waals surface area contributed by atoms with Crippen molar-refractivity contribution in [2.45, 2.75) is 26.3 Å². The van der Waals surface area contributed by atoms with E-state index in [2.05, 4.69) is 53.1 Å². The minimum absolute atomic E-state index is 0.239. The Bertz CT molecular complexity index is 761. The van der Waals surface area contributed by atoms with Gasteiger partial charge in [0, 0.05) is 6.07 Å². The van der Waals surface area contributed by atoms with Gasteiger partial charge in [-0.2, -0.15) is 4.57 Å². The number of thiazole rings is 1. The predicted octanol–water partition coefficient (Wildman–Crippen LogP) is 3.76. The number of Topliss-reactive ketones (excluding diaryl/α,β-unsaturated/α-hetero) is 1. The van der Waals surface area contributed by atoms with Gasteiger partial charge in [-0.3, -0.25) is 4.79 Å². The summed E-state index contributed by atoms with van der Waals surface area (Å²) in [6.45, 7) is 2.42. The fourth-order valence-electron chi connectivity index (χ4n) is 2.50. The maximum Gasteiger partial charge on any atom is 0.242 e. The lowest BCUT2D eigenvalue weighted by Gasteiger charge is -1.99. The van der Waals surface area contributed by atoms with Gasteiger partial charge in [-0.15, -0.1) is 0 Å². The lowest BCUT2D eigenvalue weighted by atomic mass is 10.1. The van der Waals surface area contributed by atoms with Crippen LogP contribution in [0.3, 0.4) is 0 Å². The predicted molar refractivity (Wildman–Crippen MR) is 86.6 cm³/mol. The van der Waals surface area contributed by atoms with Gasteiger partial charge in [0.15, 0.2) is 6.54 Å². The lowest BCUT2D eigenvalue weighted by molar-refractivity contribution is -0.672. The van der Waals surface area contributed by atoms with Crippen molar-refractivity contribution < 1.29 is 9.36 Å². The standard InChI is InChI=1S/C18H18NOS/c1-14(20)11-12-19-16-9-5-6-10-17(16)21-18(19)13-15-7-3-2-4-8-15/h2-10H,11-13H2,1H3/q+1. The van der Waals surface area contributed by atoms with Crippen molar-refractivity contribution in [3.05, 3.63) is 65.2 Å². The van der Waals surface area contributed by atoms with Gasteiger partial charge in [0.25, 0.3) is 0 Å². The summed E-state index contributed by atoms with van der Waals surface area (Å²) in [4.78, 5) is 11.3. The molecule has 0 N–H and O–H groups in total. The molecule has 0 aliphatic rings. The number of benzene rings is 2. The number of aromatic nitrogens is 1. The fourth-order valence-corrected chi connectivity index (χ4v) is 3.72. The van der Waals surface area contributed by atoms with E-state index in [4.69, 9.17) is 0 Å². The SMILES string of the molecule is CC(=O)CC[n+]1c(Cc2ccccc2)sc2ccccc21. The zero-order chi connectivity index (χ0) is 14.7. The van der Waals surface area contributed by atoms with Gasteiger partial charge in [-0.1, -0.05) is 53.8 Å². The minimum atomic E-state index is 0.239. The molecule has 0 bridgehead atoms. The third kappa shape index (κ3) is 3.19. The Kier molecular flexibility index (Phi) is 4.11. The lowest BCUT2D eigenvalue weighted by Crippen LogP contribution is -2.37. The molecule has 0 aliphatic heterocycles. The van der Waals surface area contributed by atoms with Crippen molar-refractivity contribution in [1.82, 2.24) is 0 Å². The van der Waals surface area contributed by atoms with E-state index in [0.717, 1.165) is 13.0 Å². The third-order valence-corrected chi connectivity index (χ3v) is 4.74. The largest absolute Gasteiger partial charge is 0.300 e. The van der Waals surface area contributed by atoms with Crippen LogP contribution < -0.4 is 4.57 Å². The summed E-state index contributed by atoms with van der Waals surface area (Å²) in [5, 5.41) is 1.31. The maximum absolute atomic E-state index is 11.3. The molecule has 0 aliphatic carbocycles. The zero-order valence-electron chi connectivity index (χ0n) is 12.1. The Hall–Kier alpha value is -2.00. The van der Waals surface area contributed by atoms with Crippen molar-refractivity contribution in [1.29, 1.82) is 0 Å². The van der Waals surface area contributed by atoms with Crippen LogP contribution in [-0.2, 0) is 17.8 Å². The Morgan fingerprint density at radius 1 is 1.05 bits per heavy atom. The van der Waals surface area contributed by atoms with Crippen molar-refractivity contribution >= 4 is 27.3 Å². The monoisotopic (exact) mass is 296 g/mol. The first kappa shape index (κ1) is 14.0. The molecule has 2 nitrogen and oxygen atoms in total. The highest BCUT2D eigenvalue weighted by molar-refractivity contribution is 7.18. The molecule has 1 aromatic heterocycles. The van der Waals surface area contributed by atoms with Gasteiger partial charge < -0.3 is 0 Å². The van der Waals surface area contributed by atoms with Gasteiger partial charge in [-0.25, -0.2) is 0 Å². The van der Waals surface area contributed by atoms with E-state index < -0.39 is 0 Å². The first-order valence-corrected chi connectivity index (χ1v) is 7.99. The second-order valence-corrected chi connectivity index (χ2v) is 6.34. The van der Waals surface area contributed by atoms with Crippen LogP contribution in [0.5, 0.6) is 0 Å². The third-order valence-electron chi connectivity index (χ3n) is 3.57. The zero-order valence-corrected chi connectivity index (χ0v) is 12.9. The molecule has 2 aromatic carbocycles. The number of hydrogen-bond donors (Lipinski definition) is 0. The van der Waals surface area contributed by atoms with Gasteiger partial charge in [0.05, 0.1) is 12.8 Å². The molecular weight excluding hydrogens is 278 g/mol. The Morgan fingerprint density at radius 2 is 1.76 bits per heavy atom. The van der Waals surface area contributed by atoms with E-state index in [1.54, 1.807) is 6.92 Å². The van der Waals surface area contributed by atoms with E-state index >= 15 is 0 Å². The number of aryl methyl sites for hydroxylation is 1. The molecule has 1 heterocycles. The van der Waals surface area contributed by atoms with E-state index in [-0.39, 0.29) is 5.78 Å². The highest BCUT2D eigenvalue weighted by Gasteiger charge is 2.20. The van der Waals surface area contributed by atoms with Crippen LogP contribution in [0.15, 0.2) is 54.6 Å². The van der Waals surface area contributed by atoms with Crippen LogP contribution in [0.2, 0.25) is 0 Å². The molecule has 0 saturated carbocycles. The molecule has 0 amide bonds. The molecule has 3 rings (SSSR count). The minimum Gasteiger partial charge on any atom is -0.300 e. The first-order valence-electron chi connectivity index (χ1n) is 7.17. The van der Waals surface area contributed by atoms with Crippen LogP contribution in [0.4, 0.5) is 0 Å². The van der Waals surface area contributed by atoms with Crippen molar-refractivity contribution in [2.24, 2.45) is 0 Å². The molecule has 0 fully saturated rings. The van der Waals surface area contributed by atoms with E-state index in [0.29, 0.717) is 6.42 Å². The van der Waals surface area contributed by atoms with Gasteiger partial charge in [-0.05, 0) is 18.6 Å². The van der Waals surface area contributed by atoms with Crippen LogP contribution in [-0.4, -0.2) is 5.78 Å². The molecule has 21 heavy (non-hydrogen) atoms. The number of carbonyl (C=O) groups excluding carboxylic acids is 1. The molecule has 0 spiro atoms. The van der Waals surface area contributed by atoms with Gasteiger partial charge in [0.1, 0.15) is 10.5 Å². The van der Waals surface area contributed by atoms with Crippen LogP contribution >= 0.6 is 11.3 Å². The van der Waals surface area contributed by atoms with Crippen LogP contribution in [0.1, 0.15) is 23.9 Å². The summed E-state index contributed by atoms with van der Waals surface area (Å²) < 4.78 is 3.58. The quantitative estimate of drug-likeness (QED) is 0.657. The number of nitrogens with zero attached hydrogens (tertiary/aromatic N) is 1. The summed E-state index contributed by atoms with van der Waals surface area (Å²) in [5.74, 6) is 0.239. The summed E-state index contributed by atoms with van der Waals surface area (Å²) in [5.41, 5.74) is 2.54. The van der Waals surface area contributed by atoms with Gasteiger partial charge in [0.2, 0.25) is 10.5 Å². The summed E-state index contributed by atoms with van der Waals surface area (Å²) >= 11 is 1.82. The molecule has 3 heteroatoms. The number of para-hydroxylation sites is 1. The molecule has 106 valence electrons. The maximum atomic E-state index is 11.3. The highest BCUT2D eigenvalue weighted by Crippen LogP contribution is 2.22. The Labute approximate surface area is 128 Å². The van der Waals surface area contributed by atoms with Crippen molar-refractivity contribution in [3.63, 3.8) is 0 Å². The van der Waals surface area contributed by atoms with Crippen molar-refractivity contribution in [2.75, 3.05) is 0 Å². The van der Waals surface area contributed by atoms with E-state index in [9.17, 15) is 4.79 Å². The number of rotatable bonds is 5. The Morgan fingerprint density at radius 3 is 2.52 bits per heavy atom. The topological polar surface area (TPSA) is 20.9 Å². The van der Waals surface area contributed by atoms with E-state index in [1.165, 1.54) is 20.8 Å². The number of ketones is 1. The number of carbonyl (C=O) groups is 1. The highest BCUT2D eigenvalue weighted by atomic mass is 32.1. The number of hydrogen-bond acceptors (Lipinski definition) is 2. The van der Waals surface area contributed by atoms with Crippen molar-refractivity contribution in [3.8, 4) is 0 Å². The normalized spacial score (nSPS) is 10.9. The summed E-state index contributed by atoms with van der Waals surface area (Å²) in [6.07, 6.45) is 1.51. The van der Waals surface area contributed by atoms with E-state index in [1.807, 2.05) is 17.4 Å². The first-order chi connectivity index (χ1) is 10.2. The summed E-state index contributed by atoms with van der Waals surface area (Å²) in [7, 11) is 0. The molecular formula is C18H18NOS+. The fraction of sp³-hybridized carbons (Fsp3) is 0.222. The smallest absolute Gasteiger partial charge is 0.242 e. The van der Waals surface area contributed by atoms with Crippen LogP contribution in [0.25, 0.3) is 10.2 Å². The van der Waals surface area contributed by atoms with Gasteiger partial charge >= 0.3 is 0 Å². The number of fused-ring (bicyclic) bond motifs is 1.